The fraction of sp³-hybridized carbons (Fsp3) is 0.118. The number of hydrogen-bond acceptors (Lipinski definition) is 3. The second-order valence-corrected chi connectivity index (χ2v) is 5.02. The van der Waals surface area contributed by atoms with Gasteiger partial charge in [-0.2, -0.15) is 0 Å². The number of rotatable bonds is 3. The number of halogens is 1. The molecule has 0 saturated carbocycles. The molecule has 0 saturated heterocycles. The van der Waals surface area contributed by atoms with Crippen LogP contribution < -0.4 is 0 Å². The monoisotopic (exact) mass is 308 g/mol. The second kappa shape index (κ2) is 6.88. The van der Waals surface area contributed by atoms with Gasteiger partial charge in [0.25, 0.3) is 0 Å². The minimum absolute atomic E-state index is 0.671. The molecule has 0 unspecified atom stereocenters. The molecular formula is C17H13ClN4. The average molecular weight is 309 g/mol. The summed E-state index contributed by atoms with van der Waals surface area (Å²) < 4.78 is 1.77. The number of benzene rings is 1. The lowest BCUT2D eigenvalue weighted by atomic mass is 10.2. The van der Waals surface area contributed by atoms with Crippen LogP contribution in [0.15, 0.2) is 54.9 Å². The first-order valence-corrected chi connectivity index (χ1v) is 7.26. The molecule has 0 fully saturated rings. The molecular weight excluding hydrogens is 296 g/mol. The van der Waals surface area contributed by atoms with Crippen LogP contribution in [0.5, 0.6) is 0 Å². The van der Waals surface area contributed by atoms with Gasteiger partial charge in [0.15, 0.2) is 0 Å². The van der Waals surface area contributed by atoms with E-state index in [1.54, 1.807) is 10.9 Å². The minimum Gasteiger partial charge on any atom is -0.251 e. The Morgan fingerprint density at radius 2 is 1.95 bits per heavy atom. The van der Waals surface area contributed by atoms with Crippen molar-refractivity contribution < 1.29 is 0 Å². The highest BCUT2D eigenvalue weighted by atomic mass is 35.5. The van der Waals surface area contributed by atoms with Crippen molar-refractivity contribution in [2.24, 2.45) is 0 Å². The second-order valence-electron chi connectivity index (χ2n) is 4.61. The fourth-order valence-corrected chi connectivity index (χ4v) is 2.19. The maximum atomic E-state index is 6.16. The quantitative estimate of drug-likeness (QED) is 0.696. The highest BCUT2D eigenvalue weighted by Crippen LogP contribution is 2.25. The zero-order chi connectivity index (χ0) is 15.2. The lowest BCUT2D eigenvalue weighted by Crippen LogP contribution is -1.97. The largest absolute Gasteiger partial charge is 0.251 e. The SMILES string of the molecule is Clc1ccccc1-c1cn(CCC#Cc2ccccn2)nn1. The molecule has 0 atom stereocenters. The van der Waals surface area contributed by atoms with Crippen molar-refractivity contribution in [2.75, 3.05) is 0 Å². The number of nitrogens with zero attached hydrogens (tertiary/aromatic N) is 4. The standard InChI is InChI=1S/C17H13ClN4/c18-16-10-2-1-9-15(16)17-13-22(21-20-17)12-6-4-8-14-7-3-5-11-19-14/h1-3,5,7,9-11,13H,6,12H2. The normalized spacial score (nSPS) is 10.0. The number of aromatic nitrogens is 4. The highest BCUT2D eigenvalue weighted by molar-refractivity contribution is 6.33. The number of aryl methyl sites for hydroxylation is 1. The summed E-state index contributed by atoms with van der Waals surface area (Å²) in [5.74, 6) is 6.10. The van der Waals surface area contributed by atoms with Crippen molar-refractivity contribution in [2.45, 2.75) is 13.0 Å². The summed E-state index contributed by atoms with van der Waals surface area (Å²) in [7, 11) is 0. The molecule has 22 heavy (non-hydrogen) atoms. The molecule has 0 aliphatic rings. The molecule has 0 aliphatic carbocycles. The van der Waals surface area contributed by atoms with E-state index in [2.05, 4.69) is 27.1 Å². The van der Waals surface area contributed by atoms with Crippen LogP contribution in [0.1, 0.15) is 12.1 Å². The van der Waals surface area contributed by atoms with Gasteiger partial charge < -0.3 is 0 Å². The van der Waals surface area contributed by atoms with Gasteiger partial charge in [0.2, 0.25) is 0 Å². The molecule has 1 aromatic carbocycles. The predicted octanol–water partition coefficient (Wildman–Crippen LogP) is 3.44. The summed E-state index contributed by atoms with van der Waals surface area (Å²) in [5, 5.41) is 8.93. The van der Waals surface area contributed by atoms with Gasteiger partial charge in [-0.15, -0.1) is 5.10 Å². The first-order valence-electron chi connectivity index (χ1n) is 6.88. The van der Waals surface area contributed by atoms with Crippen LogP contribution in [0.4, 0.5) is 0 Å². The van der Waals surface area contributed by atoms with Gasteiger partial charge in [0.1, 0.15) is 11.4 Å². The molecule has 0 N–H and O–H groups in total. The zero-order valence-electron chi connectivity index (χ0n) is 11.8. The third-order valence-corrected chi connectivity index (χ3v) is 3.37. The van der Waals surface area contributed by atoms with E-state index in [9.17, 15) is 0 Å². The molecule has 3 aromatic rings. The summed E-state index contributed by atoms with van der Waals surface area (Å²) >= 11 is 6.16. The van der Waals surface area contributed by atoms with Crippen molar-refractivity contribution in [1.82, 2.24) is 20.0 Å². The number of hydrogen-bond donors (Lipinski definition) is 0. The third-order valence-electron chi connectivity index (χ3n) is 3.04. The molecule has 0 bridgehead atoms. The van der Waals surface area contributed by atoms with Gasteiger partial charge in [0, 0.05) is 18.2 Å². The van der Waals surface area contributed by atoms with E-state index in [1.807, 2.05) is 48.7 Å². The summed E-state index contributed by atoms with van der Waals surface area (Å²) in [6, 6.07) is 13.3. The highest BCUT2D eigenvalue weighted by Gasteiger charge is 2.06. The van der Waals surface area contributed by atoms with E-state index in [1.165, 1.54) is 0 Å². The lowest BCUT2D eigenvalue weighted by Gasteiger charge is -1.97. The molecule has 0 spiro atoms. The molecule has 5 heteroatoms. The Bertz CT molecular complexity index is 815. The van der Waals surface area contributed by atoms with Gasteiger partial charge in [-0.05, 0) is 24.1 Å². The molecule has 2 heterocycles. The van der Waals surface area contributed by atoms with Crippen LogP contribution >= 0.6 is 11.6 Å². The third kappa shape index (κ3) is 3.51. The van der Waals surface area contributed by atoms with Crippen LogP contribution in [0.25, 0.3) is 11.3 Å². The molecule has 4 nitrogen and oxygen atoms in total. The average Bonchev–Trinajstić information content (AvgIpc) is 3.02. The van der Waals surface area contributed by atoms with E-state index in [0.29, 0.717) is 18.0 Å². The Morgan fingerprint density at radius 3 is 2.77 bits per heavy atom. The van der Waals surface area contributed by atoms with Gasteiger partial charge in [0.05, 0.1) is 17.8 Å². The van der Waals surface area contributed by atoms with Gasteiger partial charge >= 0.3 is 0 Å². The topological polar surface area (TPSA) is 43.6 Å². The van der Waals surface area contributed by atoms with E-state index in [4.69, 9.17) is 11.6 Å². The Labute approximate surface area is 133 Å². The Kier molecular flexibility index (Phi) is 4.47. The maximum Gasteiger partial charge on any atom is 0.114 e. The Balaban J connectivity index is 1.64. The zero-order valence-corrected chi connectivity index (χ0v) is 12.5. The minimum atomic E-state index is 0.671. The van der Waals surface area contributed by atoms with Crippen molar-refractivity contribution in [3.8, 4) is 23.1 Å². The molecule has 0 radical (unpaired) electrons. The van der Waals surface area contributed by atoms with Crippen molar-refractivity contribution in [1.29, 1.82) is 0 Å². The first-order chi connectivity index (χ1) is 10.8. The summed E-state index contributed by atoms with van der Waals surface area (Å²) in [5.41, 5.74) is 2.43. The Hall–Kier alpha value is -2.64. The lowest BCUT2D eigenvalue weighted by molar-refractivity contribution is 0.602. The van der Waals surface area contributed by atoms with Gasteiger partial charge in [-0.1, -0.05) is 47.0 Å². The van der Waals surface area contributed by atoms with E-state index >= 15 is 0 Å². The molecule has 0 aliphatic heterocycles. The Morgan fingerprint density at radius 1 is 1.09 bits per heavy atom. The number of pyridine rings is 1. The van der Waals surface area contributed by atoms with Gasteiger partial charge in [-0.25, -0.2) is 4.98 Å². The summed E-state index contributed by atoms with van der Waals surface area (Å²) in [6.45, 7) is 0.678. The molecule has 108 valence electrons. The van der Waals surface area contributed by atoms with Crippen molar-refractivity contribution in [3.05, 3.63) is 65.6 Å². The van der Waals surface area contributed by atoms with Crippen molar-refractivity contribution >= 4 is 11.6 Å². The molecule has 3 rings (SSSR count). The summed E-state index contributed by atoms with van der Waals surface area (Å²) in [4.78, 5) is 4.15. The fourth-order valence-electron chi connectivity index (χ4n) is 1.96. The molecule has 2 aromatic heterocycles. The smallest absolute Gasteiger partial charge is 0.114 e. The van der Waals surface area contributed by atoms with Crippen LogP contribution in [0.3, 0.4) is 0 Å². The van der Waals surface area contributed by atoms with Crippen molar-refractivity contribution in [3.63, 3.8) is 0 Å². The molecule has 0 amide bonds. The van der Waals surface area contributed by atoms with E-state index < -0.39 is 0 Å². The van der Waals surface area contributed by atoms with E-state index in [0.717, 1.165) is 17.0 Å². The van der Waals surface area contributed by atoms with Crippen LogP contribution in [-0.4, -0.2) is 20.0 Å². The van der Waals surface area contributed by atoms with Crippen LogP contribution in [0, 0.1) is 11.8 Å². The summed E-state index contributed by atoms with van der Waals surface area (Å²) in [6.07, 6.45) is 4.29. The first kappa shape index (κ1) is 14.3. The van der Waals surface area contributed by atoms with Crippen LogP contribution in [-0.2, 0) is 6.54 Å². The van der Waals surface area contributed by atoms with Crippen LogP contribution in [0.2, 0.25) is 5.02 Å². The maximum absolute atomic E-state index is 6.16. The van der Waals surface area contributed by atoms with E-state index in [-0.39, 0.29) is 0 Å². The van der Waals surface area contributed by atoms with Gasteiger partial charge in [-0.3, -0.25) is 4.68 Å². The predicted molar refractivity (Wildman–Crippen MR) is 86.2 cm³/mol.